The first-order chi connectivity index (χ1) is 20.7. The van der Waals surface area contributed by atoms with Crippen molar-refractivity contribution >= 4 is 27.1 Å². The average molecular weight is 643 g/mol. The maximum atomic E-state index is 6.44. The molecule has 3 nitrogen and oxygen atoms in total. The molecule has 2 aliphatic rings. The van der Waals surface area contributed by atoms with Crippen LogP contribution in [0.25, 0.3) is 0 Å². The predicted molar refractivity (Wildman–Crippen MR) is 178 cm³/mol. The Hall–Kier alpha value is -2.18. The molecule has 0 N–H and O–H groups in total. The quantitative estimate of drug-likeness (QED) is 0.128. The fraction of sp³-hybridized carbons (Fsp3) is 0.0811. The van der Waals surface area contributed by atoms with E-state index in [1.54, 1.807) is 0 Å². The molecule has 6 rings (SSSR count). The molecule has 2 saturated carbocycles. The number of para-hydroxylation sites is 2. The molecule has 2 aliphatic carbocycles. The third-order valence-electron chi connectivity index (χ3n) is 6.77. The maximum absolute atomic E-state index is 6.44. The second kappa shape index (κ2) is 17.9. The van der Waals surface area contributed by atoms with Crippen molar-refractivity contribution in [1.82, 2.24) is 4.67 Å². The molecule has 0 aliphatic heterocycles. The Kier molecular flexibility index (Phi) is 14.1. The fourth-order valence-corrected chi connectivity index (χ4v) is 8.37. The van der Waals surface area contributed by atoms with Gasteiger partial charge in [-0.05, 0) is 108 Å². The van der Waals surface area contributed by atoms with Crippen LogP contribution in [0.2, 0.25) is 0 Å². The largest absolute Gasteiger partial charge is 2.00 e. The van der Waals surface area contributed by atoms with Gasteiger partial charge in [-0.2, -0.15) is 0 Å². The number of rotatable bonds is 10. The molecular formula is C37H35FeNO2P2+2. The van der Waals surface area contributed by atoms with Crippen LogP contribution < -0.4 is 19.7 Å². The van der Waals surface area contributed by atoms with Gasteiger partial charge in [0.25, 0.3) is 0 Å². The van der Waals surface area contributed by atoms with Gasteiger partial charge in [0, 0.05) is 17.6 Å². The molecule has 0 saturated heterocycles. The molecule has 10 radical (unpaired) electrons. The van der Waals surface area contributed by atoms with E-state index in [2.05, 4.69) is 98.6 Å². The third-order valence-corrected chi connectivity index (χ3v) is 10.9. The molecule has 1 atom stereocenters. The monoisotopic (exact) mass is 643 g/mol. The first-order valence-electron chi connectivity index (χ1n) is 14.0. The molecule has 0 aromatic heterocycles. The van der Waals surface area contributed by atoms with Crippen molar-refractivity contribution in [3.05, 3.63) is 184 Å². The minimum atomic E-state index is -1.42. The molecule has 0 amide bonds. The summed E-state index contributed by atoms with van der Waals surface area (Å²) in [7, 11) is -0.0321. The second-order valence-corrected chi connectivity index (χ2v) is 13.3. The van der Waals surface area contributed by atoms with Gasteiger partial charge in [0.15, 0.2) is 0 Å². The van der Waals surface area contributed by atoms with E-state index in [0.29, 0.717) is 0 Å². The van der Waals surface area contributed by atoms with Gasteiger partial charge in [0.05, 0.1) is 0 Å². The van der Waals surface area contributed by atoms with Gasteiger partial charge >= 0.3 is 25.6 Å². The van der Waals surface area contributed by atoms with E-state index in [1.807, 2.05) is 92.8 Å². The van der Waals surface area contributed by atoms with Crippen molar-refractivity contribution < 1.29 is 26.1 Å². The van der Waals surface area contributed by atoms with Crippen molar-refractivity contribution in [3.63, 3.8) is 0 Å². The van der Waals surface area contributed by atoms with Crippen molar-refractivity contribution in [2.75, 3.05) is 7.05 Å². The van der Waals surface area contributed by atoms with Gasteiger partial charge in [0.2, 0.25) is 0 Å². The number of benzene rings is 4. The molecule has 0 heterocycles. The summed E-state index contributed by atoms with van der Waals surface area (Å²) in [6.07, 6.45) is 16.7. The minimum Gasteiger partial charge on any atom is -0.427 e. The summed E-state index contributed by atoms with van der Waals surface area (Å²) < 4.78 is 15.1. The van der Waals surface area contributed by atoms with Crippen molar-refractivity contribution in [1.29, 1.82) is 0 Å². The predicted octanol–water partition coefficient (Wildman–Crippen LogP) is 8.58. The number of nitrogens with zero attached hydrogens (tertiary/aromatic N) is 1. The second-order valence-electron chi connectivity index (χ2n) is 9.63. The molecule has 6 heteroatoms. The Labute approximate surface area is 272 Å². The third kappa shape index (κ3) is 9.65. The fourth-order valence-electron chi connectivity index (χ4n) is 4.52. The summed E-state index contributed by atoms with van der Waals surface area (Å²) in [5.41, 5.74) is 1.36. The molecule has 2 fully saturated rings. The Bertz CT molecular complexity index is 1210. The molecule has 0 spiro atoms. The zero-order valence-corrected chi connectivity index (χ0v) is 27.1. The van der Waals surface area contributed by atoms with Crippen LogP contribution in [0, 0.1) is 62.9 Å². The van der Waals surface area contributed by atoms with E-state index in [4.69, 9.17) is 9.05 Å². The van der Waals surface area contributed by atoms with E-state index in [-0.39, 0.29) is 23.1 Å². The summed E-state index contributed by atoms with van der Waals surface area (Å²) in [5.74, 6) is 2.88. The van der Waals surface area contributed by atoms with E-state index < -0.39 is 16.4 Å². The molecule has 43 heavy (non-hydrogen) atoms. The Morgan fingerprint density at radius 2 is 0.930 bits per heavy atom. The minimum absolute atomic E-state index is 0. The van der Waals surface area contributed by atoms with Crippen LogP contribution in [0.3, 0.4) is 0 Å². The Morgan fingerprint density at radius 1 is 0.535 bits per heavy atom. The molecule has 4 aromatic rings. The van der Waals surface area contributed by atoms with Crippen molar-refractivity contribution in [2.45, 2.75) is 13.0 Å². The molecule has 4 aromatic carbocycles. The number of hydrogen-bond donors (Lipinski definition) is 0. The molecule has 216 valence electrons. The molecular weight excluding hydrogens is 608 g/mol. The van der Waals surface area contributed by atoms with Crippen LogP contribution in [0.4, 0.5) is 0 Å². The van der Waals surface area contributed by atoms with Crippen molar-refractivity contribution in [3.8, 4) is 11.5 Å². The van der Waals surface area contributed by atoms with E-state index in [0.717, 1.165) is 11.5 Å². The van der Waals surface area contributed by atoms with Crippen molar-refractivity contribution in [2.24, 2.45) is 0 Å². The van der Waals surface area contributed by atoms with Gasteiger partial charge < -0.3 is 9.05 Å². The first-order valence-corrected chi connectivity index (χ1v) is 16.5. The summed E-state index contributed by atoms with van der Waals surface area (Å²) in [5, 5.41) is 2.68. The normalized spacial score (nSPS) is 16.0. The smallest absolute Gasteiger partial charge is 0.427 e. The summed E-state index contributed by atoms with van der Waals surface area (Å²) in [4.78, 5) is 0. The molecule has 0 bridgehead atoms. The van der Waals surface area contributed by atoms with E-state index >= 15 is 0 Å². The van der Waals surface area contributed by atoms with E-state index in [1.165, 1.54) is 22.2 Å². The first kappa shape index (κ1) is 33.7. The maximum Gasteiger partial charge on any atom is 2.00 e. The molecule has 0 unspecified atom stereocenters. The van der Waals surface area contributed by atoms with Crippen LogP contribution in [-0.4, -0.2) is 17.8 Å². The van der Waals surface area contributed by atoms with Crippen LogP contribution in [0.1, 0.15) is 6.92 Å². The standard InChI is InChI=1S/C32H30NO2P2.C5H5.Fe/c1-26(33(2)37(34-27-16-7-3-8-17-27)35-28-18-9-4-10-19-28)31-24-15-25-32(31)36(29-20-11-5-12-21-29)30-22-13-6-14-23-30;1-2-4-5-3-1;/h3-26H,1-2H3;1-5H;/q;;+2/t26-;;/m1../s1. The summed E-state index contributed by atoms with van der Waals surface area (Å²) >= 11 is 0. The number of hydrogen-bond acceptors (Lipinski definition) is 3. The van der Waals surface area contributed by atoms with Gasteiger partial charge in [-0.3, -0.25) is 0 Å². The van der Waals surface area contributed by atoms with Gasteiger partial charge in [-0.15, -0.1) is 0 Å². The van der Waals surface area contributed by atoms with Crippen LogP contribution in [-0.2, 0) is 17.1 Å². The Balaban J connectivity index is 0.000000641. The van der Waals surface area contributed by atoms with E-state index in [9.17, 15) is 0 Å². The summed E-state index contributed by atoms with van der Waals surface area (Å²) in [6, 6.07) is 41.5. The average Bonchev–Trinajstić information content (AvgIpc) is 3.79. The zero-order chi connectivity index (χ0) is 29.0. The topological polar surface area (TPSA) is 21.7 Å². The van der Waals surface area contributed by atoms with Crippen LogP contribution >= 0.6 is 16.4 Å². The van der Waals surface area contributed by atoms with Crippen LogP contribution in [0.15, 0.2) is 121 Å². The van der Waals surface area contributed by atoms with Gasteiger partial charge in [-0.25, -0.2) is 4.67 Å². The van der Waals surface area contributed by atoms with Gasteiger partial charge in [-0.1, -0.05) is 97.1 Å². The zero-order valence-electron chi connectivity index (χ0n) is 24.3. The van der Waals surface area contributed by atoms with Crippen LogP contribution in [0.5, 0.6) is 11.5 Å². The van der Waals surface area contributed by atoms with Gasteiger partial charge in [0.1, 0.15) is 11.5 Å². The Morgan fingerprint density at radius 3 is 1.35 bits per heavy atom. The summed E-state index contributed by atoms with van der Waals surface area (Å²) in [6.45, 7) is 2.24. The SMILES string of the molecule is C[C@H]([C]1[CH][CH][CH][C]1P(c1ccccc1)c1ccccc1)N(C)P(Oc1ccccc1)Oc1ccccc1.[CH]1[CH][CH][CH][CH]1.[Fe+2].